The van der Waals surface area contributed by atoms with Gasteiger partial charge in [0, 0.05) is 23.4 Å². The van der Waals surface area contributed by atoms with E-state index in [4.69, 9.17) is 4.74 Å². The maximum atomic E-state index is 12.2. The standard InChI is InChI=1S/C17H27N3O2S/c1-16(2,3)22-15(21)20-9-8-18-14(11-20)19-12-17(4,5)13-7-6-10-23-13/h6-7,10H,8-9,11-12H2,1-5H3,(H,18,19). The fourth-order valence-electron chi connectivity index (χ4n) is 2.28. The van der Waals surface area contributed by atoms with E-state index in [0.29, 0.717) is 19.6 Å². The molecule has 0 spiro atoms. The molecule has 2 rings (SSSR count). The topological polar surface area (TPSA) is 53.9 Å². The summed E-state index contributed by atoms with van der Waals surface area (Å²) in [6, 6.07) is 4.23. The summed E-state index contributed by atoms with van der Waals surface area (Å²) >= 11 is 1.76. The monoisotopic (exact) mass is 337 g/mol. The summed E-state index contributed by atoms with van der Waals surface area (Å²) in [6.07, 6.45) is -0.274. The maximum absolute atomic E-state index is 12.2. The van der Waals surface area contributed by atoms with Crippen LogP contribution in [0.15, 0.2) is 22.5 Å². The Morgan fingerprint density at radius 3 is 2.74 bits per heavy atom. The highest BCUT2D eigenvalue weighted by atomic mass is 32.1. The molecule has 5 nitrogen and oxygen atoms in total. The molecule has 0 aromatic carbocycles. The lowest BCUT2D eigenvalue weighted by Gasteiger charge is -2.31. The summed E-state index contributed by atoms with van der Waals surface area (Å²) in [5.41, 5.74) is -0.439. The van der Waals surface area contributed by atoms with Crippen LogP contribution in [0.5, 0.6) is 0 Å². The number of hydrogen-bond donors (Lipinski definition) is 1. The van der Waals surface area contributed by atoms with Crippen molar-refractivity contribution in [3.63, 3.8) is 0 Å². The van der Waals surface area contributed by atoms with Crippen LogP contribution in [0, 0.1) is 0 Å². The molecule has 1 N–H and O–H groups in total. The number of hydrogen-bond acceptors (Lipinski definition) is 5. The second-order valence-corrected chi connectivity index (χ2v) is 8.39. The first-order chi connectivity index (χ1) is 10.7. The van der Waals surface area contributed by atoms with Crippen LogP contribution in [0.4, 0.5) is 4.79 Å². The molecule has 0 saturated heterocycles. The Bertz CT molecular complexity index is 559. The summed E-state index contributed by atoms with van der Waals surface area (Å²) in [5, 5.41) is 5.50. The molecule has 0 radical (unpaired) electrons. The maximum Gasteiger partial charge on any atom is 0.410 e. The van der Waals surface area contributed by atoms with Gasteiger partial charge in [0.25, 0.3) is 0 Å². The molecule has 0 saturated carbocycles. The van der Waals surface area contributed by atoms with Crippen molar-refractivity contribution in [3.05, 3.63) is 22.4 Å². The molecule has 0 atom stereocenters. The third-order valence-corrected chi connectivity index (χ3v) is 4.82. The zero-order valence-electron chi connectivity index (χ0n) is 14.7. The van der Waals surface area contributed by atoms with E-state index in [0.717, 1.165) is 12.4 Å². The smallest absolute Gasteiger partial charge is 0.410 e. The molecular formula is C17H27N3O2S. The van der Waals surface area contributed by atoms with Gasteiger partial charge in [-0.1, -0.05) is 19.9 Å². The van der Waals surface area contributed by atoms with E-state index >= 15 is 0 Å². The SMILES string of the molecule is CC(C)(C)OC(=O)N1CCN=C(NCC(C)(C)c2cccs2)C1. The van der Waals surface area contributed by atoms with Crippen LogP contribution in [0.2, 0.25) is 0 Å². The quantitative estimate of drug-likeness (QED) is 0.921. The molecule has 0 aliphatic carbocycles. The molecule has 0 fully saturated rings. The number of carbonyl (C=O) groups excluding carboxylic acids is 1. The number of nitrogens with zero attached hydrogens (tertiary/aromatic N) is 2. The highest BCUT2D eigenvalue weighted by Gasteiger charge is 2.27. The van der Waals surface area contributed by atoms with Gasteiger partial charge in [0.15, 0.2) is 0 Å². The van der Waals surface area contributed by atoms with Gasteiger partial charge in [-0.05, 0) is 32.2 Å². The lowest BCUT2D eigenvalue weighted by molar-refractivity contribution is 0.0276. The van der Waals surface area contributed by atoms with Gasteiger partial charge >= 0.3 is 6.09 Å². The zero-order chi connectivity index (χ0) is 17.1. The minimum atomic E-state index is -0.472. The Kier molecular flexibility index (Phi) is 5.34. The third-order valence-electron chi connectivity index (χ3n) is 3.59. The van der Waals surface area contributed by atoms with E-state index in [2.05, 4.69) is 41.7 Å². The minimum Gasteiger partial charge on any atom is -0.444 e. The number of rotatable bonds is 3. The van der Waals surface area contributed by atoms with Gasteiger partial charge in [-0.15, -0.1) is 11.3 Å². The predicted octanol–water partition coefficient (Wildman–Crippen LogP) is 3.26. The number of carbonyl (C=O) groups is 1. The van der Waals surface area contributed by atoms with Crippen LogP contribution in [0.3, 0.4) is 0 Å². The normalized spacial score (nSPS) is 16.0. The van der Waals surface area contributed by atoms with Gasteiger partial charge in [0.1, 0.15) is 11.4 Å². The highest BCUT2D eigenvalue weighted by Crippen LogP contribution is 2.26. The summed E-state index contributed by atoms with van der Waals surface area (Å²) in [4.78, 5) is 19.7. The minimum absolute atomic E-state index is 0.0326. The molecule has 0 bridgehead atoms. The van der Waals surface area contributed by atoms with Crippen LogP contribution in [-0.4, -0.2) is 48.6 Å². The Morgan fingerprint density at radius 1 is 1.39 bits per heavy atom. The van der Waals surface area contributed by atoms with Gasteiger partial charge < -0.3 is 10.1 Å². The fourth-order valence-corrected chi connectivity index (χ4v) is 3.14. The van der Waals surface area contributed by atoms with E-state index < -0.39 is 5.60 Å². The second kappa shape index (κ2) is 6.91. The first-order valence-electron chi connectivity index (χ1n) is 7.96. The van der Waals surface area contributed by atoms with Crippen molar-refractivity contribution in [1.82, 2.24) is 10.2 Å². The molecule has 1 aliphatic heterocycles. The van der Waals surface area contributed by atoms with E-state index in [9.17, 15) is 4.79 Å². The van der Waals surface area contributed by atoms with E-state index in [1.807, 2.05) is 20.8 Å². The average Bonchev–Trinajstić information content (AvgIpc) is 2.99. The van der Waals surface area contributed by atoms with Gasteiger partial charge in [-0.25, -0.2) is 4.79 Å². The Morgan fingerprint density at radius 2 is 2.13 bits per heavy atom. The number of amidine groups is 1. The van der Waals surface area contributed by atoms with E-state index in [1.54, 1.807) is 16.2 Å². The van der Waals surface area contributed by atoms with Crippen LogP contribution in [0.1, 0.15) is 39.5 Å². The Hall–Kier alpha value is -1.56. The summed E-state index contributed by atoms with van der Waals surface area (Å²) in [7, 11) is 0. The molecule has 6 heteroatoms. The van der Waals surface area contributed by atoms with E-state index in [1.165, 1.54) is 4.88 Å². The third kappa shape index (κ3) is 5.23. The summed E-state index contributed by atoms with van der Waals surface area (Å²) in [6.45, 7) is 12.5. The zero-order valence-corrected chi connectivity index (χ0v) is 15.5. The summed E-state index contributed by atoms with van der Waals surface area (Å²) < 4.78 is 5.44. The van der Waals surface area contributed by atoms with Crippen molar-refractivity contribution in [2.24, 2.45) is 4.99 Å². The molecule has 23 heavy (non-hydrogen) atoms. The van der Waals surface area contributed by atoms with Crippen molar-refractivity contribution in [1.29, 1.82) is 0 Å². The van der Waals surface area contributed by atoms with Gasteiger partial charge in [0.05, 0.1) is 13.1 Å². The number of amides is 1. The Balaban J connectivity index is 1.89. The van der Waals surface area contributed by atoms with Crippen LogP contribution >= 0.6 is 11.3 Å². The number of nitrogens with one attached hydrogen (secondary N) is 1. The average molecular weight is 337 g/mol. The molecule has 1 aliphatic rings. The first kappa shape index (κ1) is 17.8. The predicted molar refractivity (Wildman–Crippen MR) is 95.5 cm³/mol. The van der Waals surface area contributed by atoms with Gasteiger partial charge in [0.2, 0.25) is 0 Å². The molecular weight excluding hydrogens is 310 g/mol. The van der Waals surface area contributed by atoms with Gasteiger partial charge in [-0.2, -0.15) is 0 Å². The van der Waals surface area contributed by atoms with Crippen molar-refractivity contribution in [2.45, 2.75) is 45.6 Å². The Labute approximate surface area is 142 Å². The lowest BCUT2D eigenvalue weighted by atomic mass is 9.91. The fraction of sp³-hybridized carbons (Fsp3) is 0.647. The number of aliphatic imine (C=N–C) groups is 1. The molecule has 0 unspecified atom stereocenters. The summed E-state index contributed by atoms with van der Waals surface area (Å²) in [5.74, 6) is 0.853. The molecule has 1 aromatic rings. The van der Waals surface area contributed by atoms with Crippen molar-refractivity contribution < 1.29 is 9.53 Å². The highest BCUT2D eigenvalue weighted by molar-refractivity contribution is 7.10. The van der Waals surface area contributed by atoms with Crippen LogP contribution in [0.25, 0.3) is 0 Å². The van der Waals surface area contributed by atoms with Crippen LogP contribution in [-0.2, 0) is 10.2 Å². The van der Waals surface area contributed by atoms with Crippen molar-refractivity contribution >= 4 is 23.3 Å². The second-order valence-electron chi connectivity index (χ2n) is 7.45. The van der Waals surface area contributed by atoms with Gasteiger partial charge in [-0.3, -0.25) is 9.89 Å². The number of thiophene rings is 1. The van der Waals surface area contributed by atoms with Crippen LogP contribution < -0.4 is 5.32 Å². The molecule has 1 aromatic heterocycles. The molecule has 128 valence electrons. The van der Waals surface area contributed by atoms with E-state index in [-0.39, 0.29) is 11.5 Å². The molecule has 1 amide bonds. The first-order valence-corrected chi connectivity index (χ1v) is 8.84. The largest absolute Gasteiger partial charge is 0.444 e. The van der Waals surface area contributed by atoms with Crippen molar-refractivity contribution in [2.75, 3.05) is 26.2 Å². The molecule has 2 heterocycles. The number of ether oxygens (including phenoxy) is 1. The lowest BCUT2D eigenvalue weighted by Crippen LogP contribution is -2.49. The van der Waals surface area contributed by atoms with Crippen molar-refractivity contribution in [3.8, 4) is 0 Å².